The van der Waals surface area contributed by atoms with Crippen LogP contribution in [0.1, 0.15) is 40.8 Å². The van der Waals surface area contributed by atoms with Gasteiger partial charge in [-0.2, -0.15) is 0 Å². The molecule has 0 spiro atoms. The van der Waals surface area contributed by atoms with E-state index in [0.29, 0.717) is 37.6 Å². The average molecular weight is 431 g/mol. The summed E-state index contributed by atoms with van der Waals surface area (Å²) in [7, 11) is 3.23. The first-order valence-corrected chi connectivity index (χ1v) is 10.6. The SMILES string of the molecule is COc1ccc(OC)c(Cc2nnc(CCC(=O)NCCCc3scnc3C)o2)c1. The number of nitrogens with zero attached hydrogens (tertiary/aromatic N) is 3. The molecule has 0 bridgehead atoms. The van der Waals surface area contributed by atoms with Crippen LogP contribution in [0.25, 0.3) is 0 Å². The van der Waals surface area contributed by atoms with Crippen LogP contribution in [0.3, 0.4) is 0 Å². The normalized spacial score (nSPS) is 10.8. The van der Waals surface area contributed by atoms with E-state index in [1.807, 2.05) is 30.6 Å². The lowest BCUT2D eigenvalue weighted by Crippen LogP contribution is -2.25. The van der Waals surface area contributed by atoms with Gasteiger partial charge in [0.25, 0.3) is 0 Å². The summed E-state index contributed by atoms with van der Waals surface area (Å²) >= 11 is 1.66. The smallest absolute Gasteiger partial charge is 0.221 e. The molecule has 0 saturated heterocycles. The number of rotatable bonds is 11. The first kappa shape index (κ1) is 21.8. The number of hydrogen-bond donors (Lipinski definition) is 1. The Morgan fingerprint density at radius 2 is 2.00 bits per heavy atom. The lowest BCUT2D eigenvalue weighted by Gasteiger charge is -2.08. The lowest BCUT2D eigenvalue weighted by molar-refractivity contribution is -0.121. The van der Waals surface area contributed by atoms with Crippen LogP contribution in [0, 0.1) is 6.92 Å². The molecule has 1 amide bonds. The van der Waals surface area contributed by atoms with Gasteiger partial charge in [-0.1, -0.05) is 0 Å². The Bertz CT molecular complexity index is 970. The maximum atomic E-state index is 12.1. The van der Waals surface area contributed by atoms with Gasteiger partial charge in [-0.05, 0) is 38.0 Å². The fourth-order valence-corrected chi connectivity index (χ4v) is 3.82. The largest absolute Gasteiger partial charge is 0.497 e. The Kier molecular flexibility index (Phi) is 7.78. The summed E-state index contributed by atoms with van der Waals surface area (Å²) in [5.74, 6) is 2.35. The molecule has 160 valence electrons. The first-order chi connectivity index (χ1) is 14.6. The number of hydrogen-bond acceptors (Lipinski definition) is 8. The number of aryl methyl sites for hydroxylation is 3. The van der Waals surface area contributed by atoms with Crippen LogP contribution in [0.4, 0.5) is 0 Å². The van der Waals surface area contributed by atoms with Gasteiger partial charge in [-0.25, -0.2) is 4.98 Å². The highest BCUT2D eigenvalue weighted by molar-refractivity contribution is 7.09. The zero-order valence-electron chi connectivity index (χ0n) is 17.4. The van der Waals surface area contributed by atoms with Crippen molar-refractivity contribution in [3.8, 4) is 11.5 Å². The second-order valence-corrected chi connectivity index (χ2v) is 7.70. The molecule has 1 N–H and O–H groups in total. The molecule has 8 nitrogen and oxygen atoms in total. The van der Waals surface area contributed by atoms with Gasteiger partial charge in [0.2, 0.25) is 17.7 Å². The summed E-state index contributed by atoms with van der Waals surface area (Å²) in [5, 5.41) is 11.1. The molecule has 0 aliphatic carbocycles. The maximum absolute atomic E-state index is 12.1. The highest BCUT2D eigenvalue weighted by Crippen LogP contribution is 2.26. The summed E-state index contributed by atoms with van der Waals surface area (Å²) in [6, 6.07) is 5.55. The minimum Gasteiger partial charge on any atom is -0.497 e. The van der Waals surface area contributed by atoms with Crippen LogP contribution < -0.4 is 14.8 Å². The minimum absolute atomic E-state index is 0.0229. The number of carbonyl (C=O) groups excluding carboxylic acids is 1. The Labute approximate surface area is 179 Å². The summed E-state index contributed by atoms with van der Waals surface area (Å²) in [6.07, 6.45) is 2.96. The number of aromatic nitrogens is 3. The number of methoxy groups -OCH3 is 2. The molecular formula is C21H26N4O4S. The van der Waals surface area contributed by atoms with Gasteiger partial charge in [0.1, 0.15) is 11.5 Å². The molecule has 0 fully saturated rings. The summed E-state index contributed by atoms with van der Waals surface area (Å²) in [5.41, 5.74) is 3.82. The maximum Gasteiger partial charge on any atom is 0.221 e. The van der Waals surface area contributed by atoms with Crippen molar-refractivity contribution in [3.05, 3.63) is 51.6 Å². The number of benzene rings is 1. The summed E-state index contributed by atoms with van der Waals surface area (Å²) in [4.78, 5) is 17.6. The third kappa shape index (κ3) is 6.03. The van der Waals surface area contributed by atoms with E-state index in [4.69, 9.17) is 13.9 Å². The van der Waals surface area contributed by atoms with Crippen molar-refractivity contribution in [2.75, 3.05) is 20.8 Å². The van der Waals surface area contributed by atoms with E-state index in [-0.39, 0.29) is 5.91 Å². The molecule has 2 heterocycles. The van der Waals surface area contributed by atoms with Gasteiger partial charge in [-0.15, -0.1) is 21.5 Å². The van der Waals surface area contributed by atoms with E-state index in [2.05, 4.69) is 20.5 Å². The predicted octanol–water partition coefficient (Wildman–Crippen LogP) is 3.12. The third-order valence-corrected chi connectivity index (χ3v) is 5.65. The molecule has 0 aliphatic rings. The number of nitrogens with one attached hydrogen (secondary N) is 1. The van der Waals surface area contributed by atoms with Crippen molar-refractivity contribution in [1.82, 2.24) is 20.5 Å². The Hall–Kier alpha value is -2.94. The average Bonchev–Trinajstić information content (AvgIpc) is 3.38. The Morgan fingerprint density at radius 3 is 2.73 bits per heavy atom. The molecule has 0 atom stereocenters. The van der Waals surface area contributed by atoms with Gasteiger partial charge in [0.05, 0.1) is 31.8 Å². The number of ether oxygens (including phenoxy) is 2. The van der Waals surface area contributed by atoms with E-state index in [0.717, 1.165) is 35.6 Å². The Balaban J connectivity index is 1.43. The quantitative estimate of drug-likeness (QED) is 0.467. The molecule has 30 heavy (non-hydrogen) atoms. The first-order valence-electron chi connectivity index (χ1n) is 9.77. The number of thiazole rings is 1. The van der Waals surface area contributed by atoms with Gasteiger partial charge >= 0.3 is 0 Å². The van der Waals surface area contributed by atoms with E-state index < -0.39 is 0 Å². The standard InChI is InChI=1S/C21H26N4O4S/c1-14-18(30-13-23-14)5-4-10-22-19(26)8-9-20-24-25-21(29-20)12-15-11-16(27-2)6-7-17(15)28-3/h6-7,11,13H,4-5,8-10,12H2,1-3H3,(H,22,26). The van der Waals surface area contributed by atoms with Gasteiger partial charge in [0, 0.05) is 29.8 Å². The highest BCUT2D eigenvalue weighted by Gasteiger charge is 2.13. The van der Waals surface area contributed by atoms with Gasteiger partial charge in [-0.3, -0.25) is 4.79 Å². The van der Waals surface area contributed by atoms with E-state index in [1.165, 1.54) is 4.88 Å². The topological polar surface area (TPSA) is 99.4 Å². The van der Waals surface area contributed by atoms with Crippen LogP contribution in [-0.4, -0.2) is 41.9 Å². The van der Waals surface area contributed by atoms with Crippen molar-refractivity contribution in [3.63, 3.8) is 0 Å². The van der Waals surface area contributed by atoms with Crippen LogP contribution >= 0.6 is 11.3 Å². The van der Waals surface area contributed by atoms with Crippen LogP contribution in [0.15, 0.2) is 28.1 Å². The highest BCUT2D eigenvalue weighted by atomic mass is 32.1. The van der Waals surface area contributed by atoms with Crippen molar-refractivity contribution in [2.45, 2.75) is 39.0 Å². The molecule has 0 saturated carbocycles. The monoisotopic (exact) mass is 430 g/mol. The van der Waals surface area contributed by atoms with Crippen molar-refractivity contribution < 1.29 is 18.7 Å². The van der Waals surface area contributed by atoms with Crippen LogP contribution in [0.2, 0.25) is 0 Å². The molecule has 1 aromatic carbocycles. The predicted molar refractivity (Wildman–Crippen MR) is 113 cm³/mol. The summed E-state index contributed by atoms with van der Waals surface area (Å²) < 4.78 is 16.3. The van der Waals surface area contributed by atoms with Gasteiger partial charge in [0.15, 0.2) is 0 Å². The van der Waals surface area contributed by atoms with Crippen molar-refractivity contribution in [2.24, 2.45) is 0 Å². The zero-order chi connectivity index (χ0) is 21.3. The van der Waals surface area contributed by atoms with Crippen LogP contribution in [0.5, 0.6) is 11.5 Å². The van der Waals surface area contributed by atoms with E-state index >= 15 is 0 Å². The van der Waals surface area contributed by atoms with Crippen LogP contribution in [-0.2, 0) is 24.1 Å². The lowest BCUT2D eigenvalue weighted by atomic mass is 10.1. The fraction of sp³-hybridized carbons (Fsp3) is 0.429. The summed E-state index contributed by atoms with van der Waals surface area (Å²) in [6.45, 7) is 2.65. The minimum atomic E-state index is -0.0229. The third-order valence-electron chi connectivity index (χ3n) is 4.65. The van der Waals surface area contributed by atoms with E-state index in [1.54, 1.807) is 25.6 Å². The van der Waals surface area contributed by atoms with Gasteiger partial charge < -0.3 is 19.2 Å². The van der Waals surface area contributed by atoms with Crippen molar-refractivity contribution >= 4 is 17.2 Å². The molecule has 0 unspecified atom stereocenters. The second-order valence-electron chi connectivity index (χ2n) is 6.76. The molecule has 3 aromatic rings. The van der Waals surface area contributed by atoms with Crippen molar-refractivity contribution in [1.29, 1.82) is 0 Å². The molecule has 3 rings (SSSR count). The number of amides is 1. The Morgan fingerprint density at radius 1 is 1.17 bits per heavy atom. The number of carbonyl (C=O) groups is 1. The fourth-order valence-electron chi connectivity index (χ4n) is 3.00. The molecule has 0 radical (unpaired) electrons. The molecule has 0 aliphatic heterocycles. The zero-order valence-corrected chi connectivity index (χ0v) is 18.3. The molecule has 2 aromatic heterocycles. The molecular weight excluding hydrogens is 404 g/mol. The second kappa shape index (κ2) is 10.7. The van der Waals surface area contributed by atoms with E-state index in [9.17, 15) is 4.79 Å². The molecule has 9 heteroatoms.